The van der Waals surface area contributed by atoms with Crippen LogP contribution in [-0.4, -0.2) is 6.10 Å². The van der Waals surface area contributed by atoms with Crippen LogP contribution in [0.3, 0.4) is 0 Å². The molecule has 1 aromatic carbocycles. The Morgan fingerprint density at radius 3 is 2.25 bits per heavy atom. The van der Waals surface area contributed by atoms with Gasteiger partial charge in [0.05, 0.1) is 6.10 Å². The summed E-state index contributed by atoms with van der Waals surface area (Å²) in [6, 6.07) is 7.93. The molecule has 0 bridgehead atoms. The highest BCUT2D eigenvalue weighted by Gasteiger charge is 1.96. The Morgan fingerprint density at radius 2 is 1.83 bits per heavy atom. The molecule has 0 aliphatic rings. The molecule has 0 heterocycles. The van der Waals surface area contributed by atoms with Crippen LogP contribution >= 0.6 is 12.6 Å². The zero-order chi connectivity index (χ0) is 8.97. The molecule has 1 radical (unpaired) electrons. The molecule has 0 amide bonds. The van der Waals surface area contributed by atoms with Crippen molar-refractivity contribution in [3.05, 3.63) is 29.8 Å². The van der Waals surface area contributed by atoms with E-state index in [4.69, 9.17) is 17.4 Å². The SMILES string of the molecule is CC(C)Oc1ccc(C[S])cc1. The van der Waals surface area contributed by atoms with Gasteiger partial charge >= 0.3 is 0 Å². The molecule has 1 aromatic rings. The van der Waals surface area contributed by atoms with E-state index >= 15 is 0 Å². The summed E-state index contributed by atoms with van der Waals surface area (Å²) < 4.78 is 5.48. The quantitative estimate of drug-likeness (QED) is 0.696. The molecule has 0 spiro atoms. The summed E-state index contributed by atoms with van der Waals surface area (Å²) in [6.07, 6.45) is 0.236. The second-order valence-corrected chi connectivity index (χ2v) is 3.24. The summed E-state index contributed by atoms with van der Waals surface area (Å²) in [6.45, 7) is 4.03. The minimum atomic E-state index is 0.236. The molecule has 1 nitrogen and oxygen atoms in total. The third-order valence-corrected chi connectivity index (χ3v) is 1.80. The number of ether oxygens (including phenoxy) is 1. The first-order valence-corrected chi connectivity index (χ1v) is 4.64. The second-order valence-electron chi connectivity index (χ2n) is 2.95. The predicted molar refractivity (Wildman–Crippen MR) is 53.5 cm³/mol. The van der Waals surface area contributed by atoms with Gasteiger partial charge in [0, 0.05) is 5.75 Å². The van der Waals surface area contributed by atoms with Crippen molar-refractivity contribution in [2.75, 3.05) is 0 Å². The van der Waals surface area contributed by atoms with Gasteiger partial charge in [-0.05, 0) is 31.5 Å². The molecule has 0 atom stereocenters. The zero-order valence-electron chi connectivity index (χ0n) is 7.41. The van der Waals surface area contributed by atoms with Gasteiger partial charge in [0.25, 0.3) is 0 Å². The second kappa shape index (κ2) is 4.41. The van der Waals surface area contributed by atoms with Crippen LogP contribution in [0.1, 0.15) is 19.4 Å². The van der Waals surface area contributed by atoms with Crippen LogP contribution in [0.4, 0.5) is 0 Å². The molecule has 0 fully saturated rings. The molecule has 0 saturated carbocycles. The molecule has 0 unspecified atom stereocenters. The first kappa shape index (κ1) is 9.46. The van der Waals surface area contributed by atoms with Gasteiger partial charge < -0.3 is 4.74 Å². The van der Waals surface area contributed by atoms with Crippen LogP contribution in [-0.2, 0) is 5.75 Å². The highest BCUT2D eigenvalue weighted by atomic mass is 32.1. The number of hydrogen-bond donors (Lipinski definition) is 0. The maximum absolute atomic E-state index is 5.48. The normalized spacial score (nSPS) is 10.3. The van der Waals surface area contributed by atoms with Crippen LogP contribution in [0, 0.1) is 0 Å². The van der Waals surface area contributed by atoms with Crippen molar-refractivity contribution >= 4 is 12.6 Å². The van der Waals surface area contributed by atoms with Crippen molar-refractivity contribution in [3.63, 3.8) is 0 Å². The number of benzene rings is 1. The lowest BCUT2D eigenvalue weighted by Gasteiger charge is -2.09. The van der Waals surface area contributed by atoms with E-state index in [1.54, 1.807) is 0 Å². The molecule has 0 N–H and O–H groups in total. The third kappa shape index (κ3) is 2.78. The predicted octanol–water partition coefficient (Wildman–Crippen LogP) is 3.17. The number of rotatable bonds is 3. The Balaban J connectivity index is 2.65. The van der Waals surface area contributed by atoms with Gasteiger partial charge in [-0.3, -0.25) is 0 Å². The van der Waals surface area contributed by atoms with Crippen molar-refractivity contribution in [1.82, 2.24) is 0 Å². The maximum Gasteiger partial charge on any atom is 0.119 e. The van der Waals surface area contributed by atoms with Gasteiger partial charge in [0.1, 0.15) is 5.75 Å². The van der Waals surface area contributed by atoms with E-state index in [0.717, 1.165) is 5.75 Å². The molecule has 0 aliphatic carbocycles. The van der Waals surface area contributed by atoms with Gasteiger partial charge in [-0.2, -0.15) is 0 Å². The third-order valence-electron chi connectivity index (χ3n) is 1.46. The Morgan fingerprint density at radius 1 is 1.25 bits per heavy atom. The standard InChI is InChI=1S/C10H13OS/c1-8(2)11-10-5-3-9(7-12)4-6-10/h3-6,8H,7H2,1-2H3. The van der Waals surface area contributed by atoms with Crippen LogP contribution in [0.5, 0.6) is 5.75 Å². The van der Waals surface area contributed by atoms with Crippen molar-refractivity contribution in [1.29, 1.82) is 0 Å². The smallest absolute Gasteiger partial charge is 0.119 e. The Kier molecular flexibility index (Phi) is 3.48. The minimum absolute atomic E-state index is 0.236. The topological polar surface area (TPSA) is 9.23 Å². The Bertz CT molecular complexity index is 228. The van der Waals surface area contributed by atoms with E-state index in [2.05, 4.69) is 0 Å². The number of hydrogen-bond acceptors (Lipinski definition) is 1. The van der Waals surface area contributed by atoms with Gasteiger partial charge in [0.2, 0.25) is 0 Å². The lowest BCUT2D eigenvalue weighted by atomic mass is 10.2. The van der Waals surface area contributed by atoms with E-state index in [0.29, 0.717) is 5.75 Å². The first-order chi connectivity index (χ1) is 5.72. The molecule has 65 valence electrons. The summed E-state index contributed by atoms with van der Waals surface area (Å²) >= 11 is 4.91. The summed E-state index contributed by atoms with van der Waals surface area (Å²) in [5.41, 5.74) is 1.17. The summed E-state index contributed by atoms with van der Waals surface area (Å²) in [7, 11) is 0. The lowest BCUT2D eigenvalue weighted by molar-refractivity contribution is 0.242. The molecule has 1 rings (SSSR count). The fourth-order valence-electron chi connectivity index (χ4n) is 0.936. The van der Waals surface area contributed by atoms with Gasteiger partial charge in [0.15, 0.2) is 0 Å². The van der Waals surface area contributed by atoms with E-state index in [9.17, 15) is 0 Å². The van der Waals surface area contributed by atoms with Crippen molar-refractivity contribution in [3.8, 4) is 5.75 Å². The van der Waals surface area contributed by atoms with Crippen LogP contribution in [0.2, 0.25) is 0 Å². The van der Waals surface area contributed by atoms with Crippen LogP contribution in [0.25, 0.3) is 0 Å². The van der Waals surface area contributed by atoms with Crippen LogP contribution < -0.4 is 4.74 Å². The fourth-order valence-corrected chi connectivity index (χ4v) is 1.13. The van der Waals surface area contributed by atoms with Crippen molar-refractivity contribution < 1.29 is 4.74 Å². The highest BCUT2D eigenvalue weighted by Crippen LogP contribution is 2.14. The molecule has 2 heteroatoms. The van der Waals surface area contributed by atoms with Gasteiger partial charge in [-0.25, -0.2) is 0 Å². The highest BCUT2D eigenvalue weighted by molar-refractivity contribution is 7.79. The van der Waals surface area contributed by atoms with Gasteiger partial charge in [-0.15, -0.1) is 0 Å². The van der Waals surface area contributed by atoms with Gasteiger partial charge in [-0.1, -0.05) is 24.8 Å². The molecule has 0 aliphatic heterocycles. The fraction of sp³-hybridized carbons (Fsp3) is 0.400. The van der Waals surface area contributed by atoms with Crippen LogP contribution in [0.15, 0.2) is 24.3 Å². The van der Waals surface area contributed by atoms with E-state index in [1.807, 2.05) is 38.1 Å². The summed E-state index contributed by atoms with van der Waals surface area (Å²) in [5, 5.41) is 0. The summed E-state index contributed by atoms with van der Waals surface area (Å²) in [4.78, 5) is 0. The molecule has 0 saturated heterocycles. The zero-order valence-corrected chi connectivity index (χ0v) is 8.23. The lowest BCUT2D eigenvalue weighted by Crippen LogP contribution is -2.05. The van der Waals surface area contributed by atoms with E-state index < -0.39 is 0 Å². The van der Waals surface area contributed by atoms with Crippen molar-refractivity contribution in [2.24, 2.45) is 0 Å². The molecular formula is C10H13OS. The molecule has 0 aromatic heterocycles. The summed E-state index contributed by atoms with van der Waals surface area (Å²) in [5.74, 6) is 1.58. The van der Waals surface area contributed by atoms with E-state index in [1.165, 1.54) is 5.56 Å². The minimum Gasteiger partial charge on any atom is -0.491 e. The average Bonchev–Trinajstić information content (AvgIpc) is 2.05. The average molecular weight is 181 g/mol. The maximum atomic E-state index is 5.48. The Hall–Kier alpha value is -0.630. The Labute approximate surface area is 79.2 Å². The largest absolute Gasteiger partial charge is 0.491 e. The molecule has 12 heavy (non-hydrogen) atoms. The first-order valence-electron chi connectivity index (χ1n) is 4.06. The van der Waals surface area contributed by atoms with Crippen molar-refractivity contribution in [2.45, 2.75) is 25.7 Å². The monoisotopic (exact) mass is 181 g/mol. The molecular weight excluding hydrogens is 168 g/mol. The van der Waals surface area contributed by atoms with E-state index in [-0.39, 0.29) is 6.10 Å².